The minimum atomic E-state index is -0.403. The minimum absolute atomic E-state index is 0. The third kappa shape index (κ3) is 12.5. The van der Waals surface area contributed by atoms with Crippen LogP contribution in [0.2, 0.25) is 0 Å². The van der Waals surface area contributed by atoms with E-state index in [4.69, 9.17) is 9.47 Å². The molecule has 1 aromatic rings. The summed E-state index contributed by atoms with van der Waals surface area (Å²) in [5.74, 6) is 0.654. The first-order valence-corrected chi connectivity index (χ1v) is 9.08. The van der Waals surface area contributed by atoms with Crippen molar-refractivity contribution in [3.8, 4) is 0 Å². The van der Waals surface area contributed by atoms with Crippen LogP contribution in [0.25, 0.3) is 0 Å². The van der Waals surface area contributed by atoms with Crippen molar-refractivity contribution in [1.82, 2.24) is 10.6 Å². The molecule has 0 aromatic heterocycles. The highest BCUT2D eigenvalue weighted by molar-refractivity contribution is 14.0. The van der Waals surface area contributed by atoms with Gasteiger partial charge >= 0.3 is 0 Å². The molecule has 0 radical (unpaired) electrons. The van der Waals surface area contributed by atoms with Gasteiger partial charge in [-0.15, -0.1) is 24.0 Å². The monoisotopic (exact) mass is 494 g/mol. The first-order chi connectivity index (χ1) is 12.7. The molecule has 27 heavy (non-hydrogen) atoms. The zero-order chi connectivity index (χ0) is 19.0. The number of ether oxygens (including phenoxy) is 2. The molecule has 0 heterocycles. The topological polar surface area (TPSA) is 98.0 Å². The van der Waals surface area contributed by atoms with Crippen molar-refractivity contribution in [2.24, 2.45) is 4.99 Å². The molecule has 0 spiro atoms. The van der Waals surface area contributed by atoms with Crippen molar-refractivity contribution in [2.45, 2.75) is 33.2 Å². The fourth-order valence-corrected chi connectivity index (χ4v) is 2.09. The van der Waals surface area contributed by atoms with Gasteiger partial charge in [0, 0.05) is 31.8 Å². The number of nitro benzene ring substituents is 1. The van der Waals surface area contributed by atoms with Crippen molar-refractivity contribution in [3.05, 3.63) is 39.9 Å². The van der Waals surface area contributed by atoms with E-state index in [2.05, 4.69) is 22.5 Å². The molecule has 0 saturated carbocycles. The highest BCUT2D eigenvalue weighted by Gasteiger charge is 2.05. The normalized spacial score (nSPS) is 11.0. The Labute approximate surface area is 178 Å². The summed E-state index contributed by atoms with van der Waals surface area (Å²) in [6, 6.07) is 6.50. The van der Waals surface area contributed by atoms with Gasteiger partial charge in [0.1, 0.15) is 0 Å². The summed E-state index contributed by atoms with van der Waals surface area (Å²) in [4.78, 5) is 14.9. The molecule has 9 heteroatoms. The average molecular weight is 494 g/mol. The Morgan fingerprint density at radius 3 is 2.56 bits per heavy atom. The SMILES string of the molecule is CCCCOCCOCCNC(=NCc1cccc([N+](=O)[O-])c1)NCC.I. The highest BCUT2D eigenvalue weighted by Crippen LogP contribution is 2.13. The van der Waals surface area contributed by atoms with Crippen LogP contribution in [-0.2, 0) is 16.0 Å². The Kier molecular flexibility index (Phi) is 15.8. The second-order valence-corrected chi connectivity index (χ2v) is 5.63. The number of hydrogen-bond acceptors (Lipinski definition) is 5. The van der Waals surface area contributed by atoms with Crippen LogP contribution in [0.5, 0.6) is 0 Å². The lowest BCUT2D eigenvalue weighted by molar-refractivity contribution is -0.384. The molecular weight excluding hydrogens is 463 g/mol. The summed E-state index contributed by atoms with van der Waals surface area (Å²) in [5.41, 5.74) is 0.863. The van der Waals surface area contributed by atoms with Crippen LogP contribution in [0.4, 0.5) is 5.69 Å². The second-order valence-electron chi connectivity index (χ2n) is 5.63. The number of nitrogens with one attached hydrogen (secondary N) is 2. The zero-order valence-corrected chi connectivity index (χ0v) is 18.4. The van der Waals surface area contributed by atoms with Gasteiger partial charge in [-0.3, -0.25) is 10.1 Å². The molecule has 1 aromatic carbocycles. The molecule has 0 amide bonds. The van der Waals surface area contributed by atoms with E-state index in [9.17, 15) is 10.1 Å². The van der Waals surface area contributed by atoms with E-state index in [0.717, 1.165) is 31.6 Å². The first-order valence-electron chi connectivity index (χ1n) is 9.08. The summed E-state index contributed by atoms with van der Waals surface area (Å²) in [7, 11) is 0. The fourth-order valence-electron chi connectivity index (χ4n) is 2.09. The Morgan fingerprint density at radius 2 is 1.89 bits per heavy atom. The Balaban J connectivity index is 0.00000676. The molecule has 154 valence electrons. The minimum Gasteiger partial charge on any atom is -0.379 e. The number of aliphatic imine (C=N–C) groups is 1. The van der Waals surface area contributed by atoms with Gasteiger partial charge in [-0.2, -0.15) is 0 Å². The number of guanidine groups is 1. The van der Waals surface area contributed by atoms with Crippen molar-refractivity contribution < 1.29 is 14.4 Å². The van der Waals surface area contributed by atoms with Crippen LogP contribution in [0.15, 0.2) is 29.3 Å². The largest absolute Gasteiger partial charge is 0.379 e. The molecule has 0 bridgehead atoms. The number of hydrogen-bond donors (Lipinski definition) is 2. The summed E-state index contributed by atoms with van der Waals surface area (Å²) in [5, 5.41) is 17.1. The molecule has 0 unspecified atom stereocenters. The Morgan fingerprint density at radius 1 is 1.15 bits per heavy atom. The maximum Gasteiger partial charge on any atom is 0.269 e. The van der Waals surface area contributed by atoms with Gasteiger partial charge in [0.25, 0.3) is 5.69 Å². The quantitative estimate of drug-likeness (QED) is 0.109. The third-order valence-electron chi connectivity index (χ3n) is 3.44. The van der Waals surface area contributed by atoms with E-state index >= 15 is 0 Å². The van der Waals surface area contributed by atoms with Gasteiger partial charge in [0.2, 0.25) is 0 Å². The maximum atomic E-state index is 10.8. The molecule has 0 aliphatic rings. The highest BCUT2D eigenvalue weighted by atomic mass is 127. The molecule has 0 saturated heterocycles. The molecule has 1 rings (SSSR count). The predicted octanol–water partition coefficient (Wildman–Crippen LogP) is 3.10. The van der Waals surface area contributed by atoms with E-state index in [1.54, 1.807) is 6.07 Å². The number of halogens is 1. The smallest absolute Gasteiger partial charge is 0.269 e. The van der Waals surface area contributed by atoms with Gasteiger partial charge in [-0.05, 0) is 18.9 Å². The Bertz CT molecular complexity index is 558. The van der Waals surface area contributed by atoms with Crippen molar-refractivity contribution >= 4 is 35.6 Å². The molecule has 0 aliphatic heterocycles. The van der Waals surface area contributed by atoms with Gasteiger partial charge in [0.15, 0.2) is 5.96 Å². The van der Waals surface area contributed by atoms with Crippen LogP contribution >= 0.6 is 24.0 Å². The van der Waals surface area contributed by atoms with Gasteiger partial charge < -0.3 is 20.1 Å². The number of nitro groups is 1. The average Bonchev–Trinajstić information content (AvgIpc) is 2.65. The first kappa shape index (κ1) is 25.5. The molecule has 0 fully saturated rings. The molecule has 0 aliphatic carbocycles. The summed E-state index contributed by atoms with van der Waals surface area (Å²) < 4.78 is 10.9. The van der Waals surface area contributed by atoms with E-state index in [1.165, 1.54) is 12.1 Å². The Hall–Kier alpha value is -1.46. The zero-order valence-electron chi connectivity index (χ0n) is 16.1. The standard InChI is InChI=1S/C18H30N4O4.HI/c1-3-5-10-25-12-13-26-11-9-20-18(19-4-2)21-15-16-7-6-8-17(14-16)22(23)24;/h6-8,14H,3-5,9-13,15H2,1-2H3,(H2,19,20,21);1H. The van der Waals surface area contributed by atoms with E-state index in [1.807, 2.05) is 13.0 Å². The van der Waals surface area contributed by atoms with Crippen molar-refractivity contribution in [2.75, 3.05) is 39.5 Å². The van der Waals surface area contributed by atoms with Gasteiger partial charge in [-0.25, -0.2) is 4.99 Å². The number of benzene rings is 1. The van der Waals surface area contributed by atoms with Crippen molar-refractivity contribution in [1.29, 1.82) is 0 Å². The van der Waals surface area contributed by atoms with Gasteiger partial charge in [-0.1, -0.05) is 25.5 Å². The lowest BCUT2D eigenvalue weighted by atomic mass is 10.2. The van der Waals surface area contributed by atoms with Crippen LogP contribution in [0.3, 0.4) is 0 Å². The van der Waals surface area contributed by atoms with Gasteiger partial charge in [0.05, 0.1) is 31.3 Å². The summed E-state index contributed by atoms with van der Waals surface area (Å²) in [6.07, 6.45) is 2.21. The maximum absolute atomic E-state index is 10.8. The van der Waals surface area contributed by atoms with E-state index < -0.39 is 4.92 Å². The number of non-ortho nitro benzene ring substituents is 1. The third-order valence-corrected chi connectivity index (χ3v) is 3.44. The number of rotatable bonds is 13. The molecule has 0 atom stereocenters. The van der Waals surface area contributed by atoms with Crippen LogP contribution in [0, 0.1) is 10.1 Å². The molecule has 8 nitrogen and oxygen atoms in total. The van der Waals surface area contributed by atoms with E-state index in [-0.39, 0.29) is 29.7 Å². The molecular formula is C18H31IN4O4. The summed E-state index contributed by atoms with van der Waals surface area (Å²) >= 11 is 0. The molecule has 2 N–H and O–H groups in total. The summed E-state index contributed by atoms with van der Waals surface area (Å²) in [6.45, 7) is 8.35. The predicted molar refractivity (Wildman–Crippen MR) is 118 cm³/mol. The second kappa shape index (κ2) is 16.7. The van der Waals surface area contributed by atoms with Crippen LogP contribution in [0.1, 0.15) is 32.3 Å². The van der Waals surface area contributed by atoms with Crippen LogP contribution < -0.4 is 10.6 Å². The number of nitrogens with zero attached hydrogens (tertiary/aromatic N) is 2. The van der Waals surface area contributed by atoms with Crippen molar-refractivity contribution in [3.63, 3.8) is 0 Å². The van der Waals surface area contributed by atoms with E-state index in [0.29, 0.717) is 38.9 Å². The fraction of sp³-hybridized carbons (Fsp3) is 0.611. The lowest BCUT2D eigenvalue weighted by Gasteiger charge is -2.11. The number of unbranched alkanes of at least 4 members (excludes halogenated alkanes) is 1. The lowest BCUT2D eigenvalue weighted by Crippen LogP contribution is -2.39. The van der Waals surface area contributed by atoms with Crippen LogP contribution in [-0.4, -0.2) is 50.4 Å².